The van der Waals surface area contributed by atoms with Gasteiger partial charge in [-0.3, -0.25) is 10.2 Å². The van der Waals surface area contributed by atoms with Gasteiger partial charge in [0, 0.05) is 37.6 Å². The van der Waals surface area contributed by atoms with Crippen LogP contribution in [0.3, 0.4) is 0 Å². The summed E-state index contributed by atoms with van der Waals surface area (Å²) in [7, 11) is 0. The van der Waals surface area contributed by atoms with Crippen LogP contribution < -0.4 is 15.6 Å². The molecule has 2 atom stereocenters. The van der Waals surface area contributed by atoms with Gasteiger partial charge in [-0.25, -0.2) is 19.2 Å². The summed E-state index contributed by atoms with van der Waals surface area (Å²) in [6.45, 7) is 2.54. The van der Waals surface area contributed by atoms with Gasteiger partial charge < -0.3 is 14.6 Å². The molecule has 1 heterocycles. The summed E-state index contributed by atoms with van der Waals surface area (Å²) in [6, 6.07) is 20.1. The van der Waals surface area contributed by atoms with E-state index in [9.17, 15) is 13.6 Å². The average Bonchev–Trinajstić information content (AvgIpc) is 3.24. The number of carbonyl (C=O) groups is 1. The molecule has 200 valence electrons. The highest BCUT2D eigenvalue weighted by molar-refractivity contribution is 6.00. The topological polar surface area (TPSA) is 92.2 Å². The van der Waals surface area contributed by atoms with Gasteiger partial charge >= 0.3 is 0 Å². The summed E-state index contributed by atoms with van der Waals surface area (Å²) in [5.74, 6) is -0.660. The zero-order valence-electron chi connectivity index (χ0n) is 21.1. The fourth-order valence-electron chi connectivity index (χ4n) is 4.26. The molecule has 0 bridgehead atoms. The van der Waals surface area contributed by atoms with Crippen LogP contribution in [0.4, 0.5) is 8.78 Å². The number of hydrogen-bond acceptors (Lipinski definition) is 6. The van der Waals surface area contributed by atoms with Crippen LogP contribution in [0.5, 0.6) is 5.75 Å². The summed E-state index contributed by atoms with van der Waals surface area (Å²) in [5.41, 5.74) is 6.44. The number of benzene rings is 3. The highest BCUT2D eigenvalue weighted by Crippen LogP contribution is 2.32. The molecular weight excluding hydrogens is 492 g/mol. The highest BCUT2D eigenvalue weighted by Gasteiger charge is 2.50. The van der Waals surface area contributed by atoms with Gasteiger partial charge in [0.25, 0.3) is 5.91 Å². The van der Waals surface area contributed by atoms with E-state index in [-0.39, 0.29) is 19.1 Å². The second-order valence-corrected chi connectivity index (χ2v) is 9.12. The van der Waals surface area contributed by atoms with Crippen molar-refractivity contribution in [3.05, 3.63) is 101 Å². The zero-order chi connectivity index (χ0) is 27.0. The number of rotatable bonds is 12. The molecule has 0 saturated carbocycles. The van der Waals surface area contributed by atoms with Gasteiger partial charge in [-0.1, -0.05) is 30.3 Å². The Morgan fingerprint density at radius 3 is 2.45 bits per heavy atom. The maximum atomic E-state index is 13.6. The fourth-order valence-corrected chi connectivity index (χ4v) is 4.26. The molecule has 0 spiro atoms. The molecule has 38 heavy (non-hydrogen) atoms. The first-order valence-electron chi connectivity index (χ1n) is 12.5. The van der Waals surface area contributed by atoms with Crippen molar-refractivity contribution >= 4 is 11.8 Å². The lowest BCUT2D eigenvalue weighted by molar-refractivity contribution is -0.129. The average molecular weight is 524 g/mol. The smallest absolute Gasteiger partial charge is 0.266 e. The monoisotopic (exact) mass is 523 g/mol. The van der Waals surface area contributed by atoms with Crippen LogP contribution in [-0.4, -0.2) is 48.3 Å². The Morgan fingerprint density at radius 1 is 1.05 bits per heavy atom. The molecule has 3 N–H and O–H groups in total. The van der Waals surface area contributed by atoms with E-state index >= 15 is 0 Å². The summed E-state index contributed by atoms with van der Waals surface area (Å²) in [4.78, 5) is 18.4. The van der Waals surface area contributed by atoms with Crippen LogP contribution in [0.2, 0.25) is 0 Å². The van der Waals surface area contributed by atoms with Crippen molar-refractivity contribution in [2.45, 2.75) is 37.8 Å². The van der Waals surface area contributed by atoms with E-state index in [4.69, 9.17) is 19.6 Å². The molecule has 1 aliphatic rings. The number of hydrazine groups is 1. The summed E-state index contributed by atoms with van der Waals surface area (Å²) < 4.78 is 38.6. The van der Waals surface area contributed by atoms with E-state index in [1.807, 2.05) is 42.5 Å². The van der Waals surface area contributed by atoms with E-state index < -0.39 is 23.3 Å². The maximum absolute atomic E-state index is 13.6. The number of nitrogens with zero attached hydrogens (tertiary/aromatic N) is 1. The van der Waals surface area contributed by atoms with E-state index in [0.717, 1.165) is 11.6 Å². The summed E-state index contributed by atoms with van der Waals surface area (Å²) in [5, 5.41) is 8.92. The summed E-state index contributed by atoms with van der Waals surface area (Å²) in [6.07, 6.45) is 0.592. The molecule has 0 fully saturated rings. The zero-order valence-corrected chi connectivity index (χ0v) is 21.1. The molecule has 0 aliphatic carbocycles. The fraction of sp³-hybridized carbons (Fsp3) is 0.310. The molecule has 7 nitrogen and oxygen atoms in total. The van der Waals surface area contributed by atoms with Crippen molar-refractivity contribution in [3.8, 4) is 5.75 Å². The third-order valence-electron chi connectivity index (χ3n) is 6.31. The largest absolute Gasteiger partial charge is 0.494 e. The third-order valence-corrected chi connectivity index (χ3v) is 6.31. The number of aliphatic hydroxyl groups is 1. The number of carbonyl (C=O) groups excluding carboxylic acids is 1. The Balaban J connectivity index is 1.49. The van der Waals surface area contributed by atoms with Gasteiger partial charge in [0.15, 0.2) is 5.54 Å². The minimum Gasteiger partial charge on any atom is -0.494 e. The van der Waals surface area contributed by atoms with E-state index in [1.54, 1.807) is 19.1 Å². The van der Waals surface area contributed by atoms with Crippen LogP contribution in [-0.2, 0) is 22.4 Å². The lowest BCUT2D eigenvalue weighted by Crippen LogP contribution is -2.56. The number of aliphatic imine (C=N–C) groups is 1. The predicted molar refractivity (Wildman–Crippen MR) is 140 cm³/mol. The maximum Gasteiger partial charge on any atom is 0.266 e. The number of aliphatic hydroxyl groups excluding tert-OH is 1. The first kappa shape index (κ1) is 27.2. The van der Waals surface area contributed by atoms with Crippen molar-refractivity contribution in [2.75, 3.05) is 19.8 Å². The molecule has 3 aromatic carbocycles. The Hall–Kier alpha value is -3.82. The molecule has 0 radical (unpaired) electrons. The molecule has 1 amide bonds. The number of nitrogens with one attached hydrogen (secondary N) is 2. The third kappa shape index (κ3) is 6.73. The Morgan fingerprint density at radius 2 is 1.76 bits per heavy atom. The Labute approximate surface area is 220 Å². The minimum absolute atomic E-state index is 0.0599. The van der Waals surface area contributed by atoms with Crippen molar-refractivity contribution in [2.24, 2.45) is 4.99 Å². The van der Waals surface area contributed by atoms with Crippen molar-refractivity contribution in [3.63, 3.8) is 0 Å². The molecular formula is C29H31F2N3O4. The van der Waals surface area contributed by atoms with Crippen LogP contribution in [0.15, 0.2) is 77.8 Å². The van der Waals surface area contributed by atoms with Gasteiger partial charge in [-0.15, -0.1) is 0 Å². The molecule has 9 heteroatoms. The van der Waals surface area contributed by atoms with E-state index in [0.29, 0.717) is 48.6 Å². The van der Waals surface area contributed by atoms with Crippen molar-refractivity contribution < 1.29 is 28.2 Å². The highest BCUT2D eigenvalue weighted by atomic mass is 19.1. The first-order chi connectivity index (χ1) is 18.4. The Bertz CT molecular complexity index is 1230. The SMILES string of the molecule is C[C@@H]1OC(c2ccc(OCCCO)cc2)=N[C@]1(Cc1ccccc1)C(=O)NNCCc1cc(F)cc(F)c1. The van der Waals surface area contributed by atoms with Crippen LogP contribution in [0.1, 0.15) is 30.0 Å². The first-order valence-corrected chi connectivity index (χ1v) is 12.5. The van der Waals surface area contributed by atoms with Gasteiger partial charge in [0.05, 0.1) is 6.61 Å². The van der Waals surface area contributed by atoms with Crippen molar-refractivity contribution in [1.29, 1.82) is 0 Å². The minimum atomic E-state index is -1.25. The molecule has 4 rings (SSSR count). The lowest BCUT2D eigenvalue weighted by atomic mass is 9.86. The van der Waals surface area contributed by atoms with E-state index in [2.05, 4.69) is 10.9 Å². The number of amides is 1. The second kappa shape index (κ2) is 12.6. The number of ether oxygens (including phenoxy) is 2. The van der Waals surface area contributed by atoms with Gasteiger partial charge in [0.2, 0.25) is 5.90 Å². The predicted octanol–water partition coefficient (Wildman–Crippen LogP) is 3.74. The van der Waals surface area contributed by atoms with Gasteiger partial charge in [0.1, 0.15) is 23.5 Å². The molecule has 3 aromatic rings. The number of halogens is 2. The molecule has 0 unspecified atom stereocenters. The normalized spacial score (nSPS) is 18.5. The second-order valence-electron chi connectivity index (χ2n) is 9.12. The number of hydrogen-bond donors (Lipinski definition) is 3. The standard InChI is InChI=1S/C29H31F2N3O4/c1-20-29(19-21-6-3-2-4-7-21,28(36)34-32-13-12-22-16-24(30)18-25(31)17-22)33-27(38-20)23-8-10-26(11-9-23)37-15-5-14-35/h2-4,6-11,16-18,20,32,35H,5,12-15,19H2,1H3,(H,34,36)/t20-,29-/m0/s1. The lowest BCUT2D eigenvalue weighted by Gasteiger charge is -2.28. The van der Waals surface area contributed by atoms with Gasteiger partial charge in [-0.05, 0) is 60.9 Å². The Kier molecular flexibility index (Phi) is 9.04. The van der Waals surface area contributed by atoms with Crippen LogP contribution in [0.25, 0.3) is 0 Å². The van der Waals surface area contributed by atoms with Crippen LogP contribution >= 0.6 is 0 Å². The molecule has 1 aliphatic heterocycles. The van der Waals surface area contributed by atoms with Crippen LogP contribution in [0, 0.1) is 11.6 Å². The molecule has 0 saturated heterocycles. The molecule has 0 aromatic heterocycles. The quantitative estimate of drug-likeness (QED) is 0.249. The van der Waals surface area contributed by atoms with E-state index in [1.165, 1.54) is 12.1 Å². The van der Waals surface area contributed by atoms with Crippen molar-refractivity contribution in [1.82, 2.24) is 10.9 Å². The summed E-state index contributed by atoms with van der Waals surface area (Å²) >= 11 is 0. The van der Waals surface area contributed by atoms with Gasteiger partial charge in [-0.2, -0.15) is 0 Å².